The fraction of sp³-hybridized carbons (Fsp3) is 0.286. The predicted octanol–water partition coefficient (Wildman–Crippen LogP) is 3.68. The fourth-order valence-electron chi connectivity index (χ4n) is 1.82. The topological polar surface area (TPSA) is 37.8 Å². The number of hydrogen-bond donors (Lipinski definition) is 1. The first-order valence-corrected chi connectivity index (χ1v) is 6.46. The summed E-state index contributed by atoms with van der Waals surface area (Å²) in [4.78, 5) is 8.90. The summed E-state index contributed by atoms with van der Waals surface area (Å²) in [5.74, 6) is 0.716. The maximum Gasteiger partial charge on any atom is 0.223 e. The average molecular weight is 260 g/mol. The van der Waals surface area contributed by atoms with Gasteiger partial charge in [0.25, 0.3) is 0 Å². The molecule has 1 aromatic heterocycles. The van der Waals surface area contributed by atoms with Crippen molar-refractivity contribution in [2.75, 3.05) is 5.32 Å². The summed E-state index contributed by atoms with van der Waals surface area (Å²) in [5, 5.41) is 4.05. The van der Waals surface area contributed by atoms with Gasteiger partial charge in [-0.2, -0.15) is 0 Å². The molecule has 1 aromatic carbocycles. The molecule has 3 nitrogen and oxygen atoms in total. The van der Waals surface area contributed by atoms with Crippen LogP contribution in [0, 0.1) is 6.92 Å². The first-order chi connectivity index (χ1) is 8.72. The number of halogens is 1. The van der Waals surface area contributed by atoms with Crippen molar-refractivity contribution in [1.29, 1.82) is 0 Å². The van der Waals surface area contributed by atoms with E-state index in [0.717, 1.165) is 21.8 Å². The van der Waals surface area contributed by atoms with Crippen molar-refractivity contribution in [1.82, 2.24) is 9.97 Å². The van der Waals surface area contributed by atoms with E-state index in [1.165, 1.54) is 12.8 Å². The van der Waals surface area contributed by atoms with Gasteiger partial charge in [0.1, 0.15) is 0 Å². The van der Waals surface area contributed by atoms with Crippen LogP contribution in [0.3, 0.4) is 0 Å². The zero-order valence-electron chi connectivity index (χ0n) is 10.2. The Morgan fingerprint density at radius 1 is 1.22 bits per heavy atom. The first kappa shape index (κ1) is 11.5. The van der Waals surface area contributed by atoms with Crippen molar-refractivity contribution >= 4 is 17.5 Å². The van der Waals surface area contributed by atoms with Crippen molar-refractivity contribution in [3.05, 3.63) is 41.0 Å². The molecule has 1 saturated carbocycles. The molecule has 0 saturated heterocycles. The average Bonchev–Trinajstić information content (AvgIpc) is 3.17. The molecule has 18 heavy (non-hydrogen) atoms. The molecule has 0 aliphatic heterocycles. The molecule has 3 rings (SSSR count). The second-order valence-electron chi connectivity index (χ2n) is 4.65. The molecular formula is C14H14ClN3. The van der Waals surface area contributed by atoms with Crippen molar-refractivity contribution in [2.24, 2.45) is 0 Å². The Bertz CT molecular complexity index is 562. The molecule has 0 unspecified atom stereocenters. The number of anilines is 1. The van der Waals surface area contributed by atoms with E-state index in [0.29, 0.717) is 12.0 Å². The lowest BCUT2D eigenvalue weighted by Crippen LogP contribution is -2.06. The van der Waals surface area contributed by atoms with E-state index in [1.807, 2.05) is 37.4 Å². The van der Waals surface area contributed by atoms with Gasteiger partial charge in [-0.3, -0.25) is 0 Å². The first-order valence-electron chi connectivity index (χ1n) is 6.08. The Morgan fingerprint density at radius 3 is 2.61 bits per heavy atom. The molecule has 4 heteroatoms. The summed E-state index contributed by atoms with van der Waals surface area (Å²) in [7, 11) is 0. The Morgan fingerprint density at radius 2 is 1.94 bits per heavy atom. The summed E-state index contributed by atoms with van der Waals surface area (Å²) in [6.45, 7) is 2.02. The van der Waals surface area contributed by atoms with Gasteiger partial charge in [-0.1, -0.05) is 23.7 Å². The number of aryl methyl sites for hydroxylation is 1. The lowest BCUT2D eigenvalue weighted by molar-refractivity contribution is 1.04. The molecule has 1 N–H and O–H groups in total. The van der Waals surface area contributed by atoms with E-state index in [1.54, 1.807) is 0 Å². The van der Waals surface area contributed by atoms with Crippen molar-refractivity contribution < 1.29 is 0 Å². The van der Waals surface area contributed by atoms with Crippen molar-refractivity contribution in [2.45, 2.75) is 25.8 Å². The normalized spacial score (nSPS) is 14.6. The minimum atomic E-state index is 0.561. The third-order valence-electron chi connectivity index (χ3n) is 3.00. The molecule has 1 aliphatic rings. The van der Waals surface area contributed by atoms with E-state index in [-0.39, 0.29) is 0 Å². The highest BCUT2D eigenvalue weighted by molar-refractivity contribution is 6.30. The van der Waals surface area contributed by atoms with E-state index >= 15 is 0 Å². The van der Waals surface area contributed by atoms with Gasteiger partial charge in [-0.15, -0.1) is 0 Å². The Labute approximate surface area is 111 Å². The monoisotopic (exact) mass is 259 g/mol. The van der Waals surface area contributed by atoms with Crippen LogP contribution in [-0.2, 0) is 0 Å². The highest BCUT2D eigenvalue weighted by atomic mass is 35.5. The number of rotatable bonds is 3. The number of aromatic nitrogens is 2. The standard InChI is InChI=1S/C14H14ClN3/c1-9-8-16-14(17-12-6-7-12)18-13(9)10-2-4-11(15)5-3-10/h2-5,8,12H,6-7H2,1H3,(H,16,17,18). The SMILES string of the molecule is Cc1cnc(NC2CC2)nc1-c1ccc(Cl)cc1. The van der Waals surface area contributed by atoms with Crippen LogP contribution in [0.5, 0.6) is 0 Å². The third-order valence-corrected chi connectivity index (χ3v) is 3.25. The smallest absolute Gasteiger partial charge is 0.223 e. The minimum Gasteiger partial charge on any atom is -0.351 e. The van der Waals surface area contributed by atoms with Gasteiger partial charge in [0.05, 0.1) is 5.69 Å². The lowest BCUT2D eigenvalue weighted by Gasteiger charge is -2.08. The number of nitrogens with zero attached hydrogens (tertiary/aromatic N) is 2. The highest BCUT2D eigenvalue weighted by Crippen LogP contribution is 2.26. The van der Waals surface area contributed by atoms with Crippen LogP contribution in [0.25, 0.3) is 11.3 Å². The van der Waals surface area contributed by atoms with E-state index in [9.17, 15) is 0 Å². The van der Waals surface area contributed by atoms with Crippen LogP contribution in [0.2, 0.25) is 5.02 Å². The minimum absolute atomic E-state index is 0.561. The summed E-state index contributed by atoms with van der Waals surface area (Å²) in [6, 6.07) is 8.29. The summed E-state index contributed by atoms with van der Waals surface area (Å²) < 4.78 is 0. The molecule has 92 valence electrons. The molecule has 0 amide bonds. The van der Waals surface area contributed by atoms with Crippen molar-refractivity contribution in [3.8, 4) is 11.3 Å². The molecule has 0 spiro atoms. The van der Waals surface area contributed by atoms with Crippen molar-refractivity contribution in [3.63, 3.8) is 0 Å². The van der Waals surface area contributed by atoms with Crippen LogP contribution >= 0.6 is 11.6 Å². The van der Waals surface area contributed by atoms with Gasteiger partial charge in [-0.05, 0) is 37.5 Å². The molecule has 1 heterocycles. The maximum atomic E-state index is 5.90. The Kier molecular flexibility index (Phi) is 2.92. The van der Waals surface area contributed by atoms with Crippen LogP contribution in [0.1, 0.15) is 18.4 Å². The number of benzene rings is 1. The van der Waals surface area contributed by atoms with Crippen LogP contribution < -0.4 is 5.32 Å². The largest absolute Gasteiger partial charge is 0.351 e. The fourth-order valence-corrected chi connectivity index (χ4v) is 1.95. The summed E-state index contributed by atoms with van der Waals surface area (Å²) in [5.41, 5.74) is 3.10. The van der Waals surface area contributed by atoms with Gasteiger partial charge in [0, 0.05) is 22.8 Å². The zero-order chi connectivity index (χ0) is 12.5. The second-order valence-corrected chi connectivity index (χ2v) is 5.09. The molecule has 0 radical (unpaired) electrons. The second kappa shape index (κ2) is 4.58. The van der Waals surface area contributed by atoms with Gasteiger partial charge in [0.15, 0.2) is 0 Å². The van der Waals surface area contributed by atoms with Gasteiger partial charge in [0.2, 0.25) is 5.95 Å². The number of hydrogen-bond acceptors (Lipinski definition) is 3. The van der Waals surface area contributed by atoms with Crippen LogP contribution in [0.4, 0.5) is 5.95 Å². The highest BCUT2D eigenvalue weighted by Gasteiger charge is 2.22. The Balaban J connectivity index is 1.95. The van der Waals surface area contributed by atoms with Gasteiger partial charge in [-0.25, -0.2) is 9.97 Å². The maximum absolute atomic E-state index is 5.90. The van der Waals surface area contributed by atoms with E-state index in [2.05, 4.69) is 15.3 Å². The van der Waals surface area contributed by atoms with Crippen LogP contribution in [-0.4, -0.2) is 16.0 Å². The van der Waals surface area contributed by atoms with E-state index in [4.69, 9.17) is 11.6 Å². The Hall–Kier alpha value is -1.61. The zero-order valence-corrected chi connectivity index (χ0v) is 10.9. The van der Waals surface area contributed by atoms with Gasteiger partial charge < -0.3 is 5.32 Å². The summed E-state index contributed by atoms with van der Waals surface area (Å²) >= 11 is 5.90. The number of nitrogens with one attached hydrogen (secondary N) is 1. The molecule has 1 fully saturated rings. The third kappa shape index (κ3) is 2.46. The molecule has 1 aliphatic carbocycles. The predicted molar refractivity (Wildman–Crippen MR) is 73.9 cm³/mol. The lowest BCUT2D eigenvalue weighted by atomic mass is 10.1. The molecular weight excluding hydrogens is 246 g/mol. The molecule has 2 aromatic rings. The quantitative estimate of drug-likeness (QED) is 0.914. The van der Waals surface area contributed by atoms with E-state index < -0.39 is 0 Å². The molecule has 0 bridgehead atoms. The van der Waals surface area contributed by atoms with Crippen LogP contribution in [0.15, 0.2) is 30.5 Å². The molecule has 0 atom stereocenters. The summed E-state index contributed by atoms with van der Waals surface area (Å²) in [6.07, 6.45) is 4.29. The van der Waals surface area contributed by atoms with Gasteiger partial charge >= 0.3 is 0 Å².